The third-order valence-electron chi connectivity index (χ3n) is 2.10. The van der Waals surface area contributed by atoms with Crippen molar-refractivity contribution in [1.29, 1.82) is 0 Å². The first-order valence-corrected chi connectivity index (χ1v) is 4.08. The number of ether oxygens (including phenoxy) is 3. The van der Waals surface area contributed by atoms with Crippen LogP contribution < -0.4 is 0 Å². The third kappa shape index (κ3) is 1.25. The van der Waals surface area contributed by atoms with Crippen LogP contribution in [-0.4, -0.2) is 35.8 Å². The van der Waals surface area contributed by atoms with Gasteiger partial charge in [0.15, 0.2) is 5.79 Å². The monoisotopic (exact) mass is 173 g/mol. The molecule has 1 radical (unpaired) electrons. The Morgan fingerprint density at radius 2 is 2.17 bits per heavy atom. The Bertz CT molecular complexity index is 180. The van der Waals surface area contributed by atoms with Crippen LogP contribution in [-0.2, 0) is 14.2 Å². The van der Waals surface area contributed by atoms with Gasteiger partial charge < -0.3 is 19.3 Å². The minimum atomic E-state index is -0.553. The Labute approximate surface area is 71.4 Å². The van der Waals surface area contributed by atoms with Gasteiger partial charge in [0, 0.05) is 0 Å². The van der Waals surface area contributed by atoms with Crippen molar-refractivity contribution >= 4 is 0 Å². The van der Waals surface area contributed by atoms with Gasteiger partial charge in [0.05, 0.1) is 6.61 Å². The van der Waals surface area contributed by atoms with Gasteiger partial charge in [-0.2, -0.15) is 0 Å². The normalized spacial score (nSPS) is 44.8. The zero-order valence-corrected chi connectivity index (χ0v) is 7.19. The van der Waals surface area contributed by atoms with E-state index in [1.165, 1.54) is 0 Å². The molecule has 0 bridgehead atoms. The maximum atomic E-state index is 8.90. The number of hydrogen-bond acceptors (Lipinski definition) is 4. The van der Waals surface area contributed by atoms with Gasteiger partial charge in [0.1, 0.15) is 24.9 Å². The summed E-state index contributed by atoms with van der Waals surface area (Å²) in [5, 5.41) is 8.90. The highest BCUT2D eigenvalue weighted by Gasteiger charge is 2.50. The van der Waals surface area contributed by atoms with Crippen molar-refractivity contribution < 1.29 is 19.3 Å². The minimum absolute atomic E-state index is 0.0306. The Morgan fingerprint density at radius 3 is 2.83 bits per heavy atom. The molecule has 0 aromatic heterocycles. The molecule has 1 N–H and O–H groups in total. The van der Waals surface area contributed by atoms with Crippen LogP contribution in [0.15, 0.2) is 0 Å². The first kappa shape index (κ1) is 8.44. The highest BCUT2D eigenvalue weighted by molar-refractivity contribution is 4.97. The van der Waals surface area contributed by atoms with Crippen LogP contribution in [0.3, 0.4) is 0 Å². The average molecular weight is 173 g/mol. The molecule has 0 aromatic carbocycles. The second-order valence-corrected chi connectivity index (χ2v) is 3.56. The molecular formula is C8H13O4. The lowest BCUT2D eigenvalue weighted by Crippen LogP contribution is -2.31. The fourth-order valence-corrected chi connectivity index (χ4v) is 1.61. The number of fused-ring (bicyclic) bond motifs is 1. The van der Waals surface area contributed by atoms with E-state index in [0.29, 0.717) is 0 Å². The Balaban J connectivity index is 2.06. The fourth-order valence-electron chi connectivity index (χ4n) is 1.61. The maximum Gasteiger partial charge on any atom is 0.164 e. The van der Waals surface area contributed by atoms with Gasteiger partial charge >= 0.3 is 0 Å². The van der Waals surface area contributed by atoms with E-state index in [0.717, 1.165) is 0 Å². The summed E-state index contributed by atoms with van der Waals surface area (Å²) < 4.78 is 16.2. The topological polar surface area (TPSA) is 47.9 Å². The Hall–Kier alpha value is -0.160. The molecule has 4 nitrogen and oxygen atoms in total. The summed E-state index contributed by atoms with van der Waals surface area (Å²) in [4.78, 5) is 0. The van der Waals surface area contributed by atoms with Crippen molar-refractivity contribution in [2.24, 2.45) is 0 Å². The molecule has 2 rings (SSSR count). The summed E-state index contributed by atoms with van der Waals surface area (Å²) in [5.74, 6) is -0.553. The minimum Gasteiger partial charge on any atom is -0.394 e. The fraction of sp³-hybridized carbons (Fsp3) is 0.875. The number of aliphatic hydroxyl groups excluding tert-OH is 1. The van der Waals surface area contributed by atoms with E-state index in [2.05, 4.69) is 0 Å². The molecule has 0 unspecified atom stereocenters. The molecule has 69 valence electrons. The van der Waals surface area contributed by atoms with Crippen molar-refractivity contribution in [2.75, 3.05) is 6.61 Å². The van der Waals surface area contributed by atoms with E-state index in [1.807, 2.05) is 13.8 Å². The second-order valence-electron chi connectivity index (χ2n) is 3.56. The van der Waals surface area contributed by atoms with Crippen LogP contribution in [0.1, 0.15) is 13.8 Å². The Morgan fingerprint density at radius 1 is 1.42 bits per heavy atom. The maximum absolute atomic E-state index is 8.90. The lowest BCUT2D eigenvalue weighted by Gasteiger charge is -2.20. The van der Waals surface area contributed by atoms with Crippen LogP contribution in [0.2, 0.25) is 0 Å². The van der Waals surface area contributed by atoms with E-state index in [9.17, 15) is 0 Å². The molecule has 2 fully saturated rings. The van der Waals surface area contributed by atoms with Crippen molar-refractivity contribution in [1.82, 2.24) is 0 Å². The average Bonchev–Trinajstić information content (AvgIpc) is 2.42. The lowest BCUT2D eigenvalue weighted by atomic mass is 10.2. The molecule has 0 aliphatic carbocycles. The van der Waals surface area contributed by atoms with E-state index in [1.54, 1.807) is 6.61 Å². The quantitative estimate of drug-likeness (QED) is 0.609. The molecule has 0 amide bonds. The predicted octanol–water partition coefficient (Wildman–Crippen LogP) is 0.0594. The highest BCUT2D eigenvalue weighted by Crippen LogP contribution is 2.36. The highest BCUT2D eigenvalue weighted by atomic mass is 16.8. The van der Waals surface area contributed by atoms with Crippen LogP contribution in [0.5, 0.6) is 0 Å². The Kier molecular flexibility index (Phi) is 1.88. The van der Waals surface area contributed by atoms with Crippen LogP contribution in [0, 0.1) is 6.61 Å². The van der Waals surface area contributed by atoms with E-state index < -0.39 is 5.79 Å². The zero-order valence-electron chi connectivity index (χ0n) is 7.19. The molecule has 0 aromatic rings. The lowest BCUT2D eigenvalue weighted by molar-refractivity contribution is -0.170. The standard InChI is InChI=1S/C8H13O4/c1-8(2)11-6-4-10-5(3-9)7(6)12-8/h4-7,9H,3H2,1-2H3/t5-,6+,7-/m1/s1. The third-order valence-corrected chi connectivity index (χ3v) is 2.10. The van der Waals surface area contributed by atoms with E-state index in [-0.39, 0.29) is 24.9 Å². The largest absolute Gasteiger partial charge is 0.394 e. The van der Waals surface area contributed by atoms with Crippen LogP contribution in [0.25, 0.3) is 0 Å². The van der Waals surface area contributed by atoms with Crippen molar-refractivity contribution in [3.05, 3.63) is 6.61 Å². The zero-order chi connectivity index (χ0) is 8.77. The summed E-state index contributed by atoms with van der Waals surface area (Å²) >= 11 is 0. The first-order chi connectivity index (χ1) is 5.62. The van der Waals surface area contributed by atoms with Crippen molar-refractivity contribution in [3.8, 4) is 0 Å². The second kappa shape index (κ2) is 2.67. The SMILES string of the molecule is CC1(C)O[C@H]2[C@H]([CH]O[C@@H]2CO)O1. The van der Waals surface area contributed by atoms with E-state index >= 15 is 0 Å². The van der Waals surface area contributed by atoms with Gasteiger partial charge in [-0.25, -0.2) is 0 Å². The molecule has 12 heavy (non-hydrogen) atoms. The van der Waals surface area contributed by atoms with Crippen molar-refractivity contribution in [2.45, 2.75) is 37.9 Å². The molecule has 0 spiro atoms. The van der Waals surface area contributed by atoms with E-state index in [4.69, 9.17) is 19.3 Å². The van der Waals surface area contributed by atoms with Gasteiger partial charge in [0.2, 0.25) is 0 Å². The van der Waals surface area contributed by atoms with Crippen LogP contribution in [0.4, 0.5) is 0 Å². The molecule has 2 aliphatic heterocycles. The van der Waals surface area contributed by atoms with Gasteiger partial charge in [-0.3, -0.25) is 0 Å². The molecule has 2 heterocycles. The molecule has 2 saturated heterocycles. The van der Waals surface area contributed by atoms with Gasteiger partial charge in [-0.15, -0.1) is 0 Å². The van der Waals surface area contributed by atoms with Gasteiger partial charge in [-0.05, 0) is 13.8 Å². The first-order valence-electron chi connectivity index (χ1n) is 4.08. The predicted molar refractivity (Wildman–Crippen MR) is 40.1 cm³/mol. The van der Waals surface area contributed by atoms with Crippen molar-refractivity contribution in [3.63, 3.8) is 0 Å². The van der Waals surface area contributed by atoms with Crippen LogP contribution >= 0.6 is 0 Å². The molecule has 4 heteroatoms. The molecule has 0 saturated carbocycles. The number of rotatable bonds is 1. The molecule has 3 atom stereocenters. The smallest absolute Gasteiger partial charge is 0.164 e. The summed E-state index contributed by atoms with van der Waals surface area (Å²) in [6.45, 7) is 5.28. The summed E-state index contributed by atoms with van der Waals surface area (Å²) in [5.41, 5.74) is 0. The molecular weight excluding hydrogens is 160 g/mol. The summed E-state index contributed by atoms with van der Waals surface area (Å²) in [6.07, 6.45) is -0.543. The number of hydrogen-bond donors (Lipinski definition) is 1. The van der Waals surface area contributed by atoms with Gasteiger partial charge in [-0.1, -0.05) is 0 Å². The molecule has 2 aliphatic rings. The van der Waals surface area contributed by atoms with Gasteiger partial charge in [0.25, 0.3) is 0 Å². The summed E-state index contributed by atoms with van der Waals surface area (Å²) in [6, 6.07) is 0. The summed E-state index contributed by atoms with van der Waals surface area (Å²) in [7, 11) is 0. The number of aliphatic hydroxyl groups is 1.